The standard InChI is InChI=1S/C24H25N5O2/c1-17(19-8-10-21(11-9-19)29-16-25-15-26-29)27(3)24(31)14-23-22-7-5-4-6-20(22)12-13-28(23)18(2)30/h4-13,15-17,23H,14H2,1-3H3/t17-,23-/m0/s1. The first-order valence-electron chi connectivity index (χ1n) is 10.2. The number of rotatable bonds is 5. The van der Waals surface area contributed by atoms with Gasteiger partial charge in [0.2, 0.25) is 11.8 Å². The van der Waals surface area contributed by atoms with Gasteiger partial charge in [-0.25, -0.2) is 9.67 Å². The van der Waals surface area contributed by atoms with Crippen LogP contribution in [0, 0.1) is 0 Å². The molecule has 0 N–H and O–H groups in total. The number of hydrogen-bond acceptors (Lipinski definition) is 4. The smallest absolute Gasteiger partial charge is 0.225 e. The Hall–Kier alpha value is -3.74. The lowest BCUT2D eigenvalue weighted by atomic mass is 9.93. The second-order valence-electron chi connectivity index (χ2n) is 7.70. The molecule has 0 bridgehead atoms. The lowest BCUT2D eigenvalue weighted by Gasteiger charge is -2.34. The third-order valence-corrected chi connectivity index (χ3v) is 5.87. The molecule has 0 fully saturated rings. The highest BCUT2D eigenvalue weighted by atomic mass is 16.2. The van der Waals surface area contributed by atoms with E-state index in [-0.39, 0.29) is 30.3 Å². The van der Waals surface area contributed by atoms with E-state index in [2.05, 4.69) is 10.1 Å². The predicted molar refractivity (Wildman–Crippen MR) is 118 cm³/mol. The topological polar surface area (TPSA) is 71.3 Å². The Bertz CT molecular complexity index is 1110. The van der Waals surface area contributed by atoms with Gasteiger partial charge in [-0.3, -0.25) is 9.59 Å². The molecular formula is C24H25N5O2. The van der Waals surface area contributed by atoms with E-state index in [1.807, 2.05) is 61.5 Å². The minimum Gasteiger partial charge on any atom is -0.339 e. The maximum atomic E-state index is 13.2. The molecule has 2 heterocycles. The van der Waals surface area contributed by atoms with Gasteiger partial charge >= 0.3 is 0 Å². The number of amides is 2. The highest BCUT2D eigenvalue weighted by molar-refractivity contribution is 5.82. The van der Waals surface area contributed by atoms with Crippen LogP contribution >= 0.6 is 0 Å². The molecule has 0 saturated carbocycles. The molecular weight excluding hydrogens is 390 g/mol. The van der Waals surface area contributed by atoms with Crippen LogP contribution < -0.4 is 0 Å². The Kier molecular flexibility index (Phi) is 5.66. The molecule has 0 spiro atoms. The first-order valence-corrected chi connectivity index (χ1v) is 10.2. The first-order chi connectivity index (χ1) is 15.0. The minimum absolute atomic E-state index is 0.0193. The van der Waals surface area contributed by atoms with Crippen LogP contribution in [0.4, 0.5) is 0 Å². The van der Waals surface area contributed by atoms with Gasteiger partial charge in [0.25, 0.3) is 0 Å². The summed E-state index contributed by atoms with van der Waals surface area (Å²) >= 11 is 0. The molecule has 1 aliphatic rings. The summed E-state index contributed by atoms with van der Waals surface area (Å²) < 4.78 is 1.69. The fraction of sp³-hybridized carbons (Fsp3) is 0.250. The van der Waals surface area contributed by atoms with E-state index < -0.39 is 0 Å². The van der Waals surface area contributed by atoms with Gasteiger partial charge < -0.3 is 9.80 Å². The van der Waals surface area contributed by atoms with Crippen LogP contribution in [-0.4, -0.2) is 43.4 Å². The van der Waals surface area contributed by atoms with Crippen LogP contribution in [0.2, 0.25) is 0 Å². The van der Waals surface area contributed by atoms with Crippen molar-refractivity contribution in [2.24, 2.45) is 0 Å². The molecule has 4 rings (SSSR count). The molecule has 2 aromatic carbocycles. The molecule has 3 aromatic rings. The van der Waals surface area contributed by atoms with Gasteiger partial charge in [0.05, 0.1) is 24.2 Å². The van der Waals surface area contributed by atoms with Crippen LogP contribution in [0.5, 0.6) is 0 Å². The maximum Gasteiger partial charge on any atom is 0.225 e. The van der Waals surface area contributed by atoms with E-state index in [0.29, 0.717) is 0 Å². The van der Waals surface area contributed by atoms with Gasteiger partial charge in [-0.2, -0.15) is 5.10 Å². The molecule has 0 saturated heterocycles. The average molecular weight is 415 g/mol. The highest BCUT2D eigenvalue weighted by Crippen LogP contribution is 2.34. The summed E-state index contributed by atoms with van der Waals surface area (Å²) in [6.45, 7) is 3.53. The van der Waals surface area contributed by atoms with Crippen LogP contribution in [0.1, 0.15) is 49.0 Å². The zero-order valence-corrected chi connectivity index (χ0v) is 17.8. The summed E-state index contributed by atoms with van der Waals surface area (Å²) in [6, 6.07) is 15.4. The fourth-order valence-electron chi connectivity index (χ4n) is 3.91. The fourth-order valence-corrected chi connectivity index (χ4v) is 3.91. The van der Waals surface area contributed by atoms with Gasteiger partial charge in [0.1, 0.15) is 12.7 Å². The normalized spacial score (nSPS) is 16.0. The third-order valence-electron chi connectivity index (χ3n) is 5.87. The number of carbonyl (C=O) groups excluding carboxylic acids is 2. The van der Waals surface area contributed by atoms with Crippen molar-refractivity contribution in [3.8, 4) is 5.69 Å². The van der Waals surface area contributed by atoms with Crippen molar-refractivity contribution in [2.45, 2.75) is 32.4 Å². The molecule has 31 heavy (non-hydrogen) atoms. The maximum absolute atomic E-state index is 13.2. The Morgan fingerprint density at radius 1 is 1.13 bits per heavy atom. The van der Waals surface area contributed by atoms with Crippen molar-refractivity contribution in [1.82, 2.24) is 24.6 Å². The Labute approximate surface area is 181 Å². The Balaban J connectivity index is 1.51. The molecule has 7 heteroatoms. The largest absolute Gasteiger partial charge is 0.339 e. The summed E-state index contributed by atoms with van der Waals surface area (Å²) in [7, 11) is 1.81. The molecule has 158 valence electrons. The van der Waals surface area contributed by atoms with Gasteiger partial charge in [-0.05, 0) is 41.8 Å². The van der Waals surface area contributed by atoms with Gasteiger partial charge in [-0.15, -0.1) is 0 Å². The summed E-state index contributed by atoms with van der Waals surface area (Å²) in [5, 5.41) is 4.13. The molecule has 2 amide bonds. The summed E-state index contributed by atoms with van der Waals surface area (Å²) in [4.78, 5) is 32.7. The minimum atomic E-state index is -0.310. The number of fused-ring (bicyclic) bond motifs is 1. The van der Waals surface area contributed by atoms with E-state index in [4.69, 9.17) is 0 Å². The zero-order chi connectivity index (χ0) is 22.0. The molecule has 0 aliphatic carbocycles. The number of aromatic nitrogens is 3. The molecule has 7 nitrogen and oxygen atoms in total. The second kappa shape index (κ2) is 8.55. The number of carbonyl (C=O) groups is 2. The highest BCUT2D eigenvalue weighted by Gasteiger charge is 2.30. The summed E-state index contributed by atoms with van der Waals surface area (Å²) in [5.74, 6) is -0.0999. The summed E-state index contributed by atoms with van der Waals surface area (Å²) in [5.41, 5.74) is 3.96. The number of nitrogens with zero attached hydrogens (tertiary/aromatic N) is 5. The number of benzene rings is 2. The Morgan fingerprint density at radius 2 is 1.87 bits per heavy atom. The van der Waals surface area contributed by atoms with Crippen LogP contribution in [0.3, 0.4) is 0 Å². The molecule has 0 unspecified atom stereocenters. The van der Waals surface area contributed by atoms with E-state index in [0.717, 1.165) is 22.4 Å². The van der Waals surface area contributed by atoms with Gasteiger partial charge in [-0.1, -0.05) is 36.4 Å². The van der Waals surface area contributed by atoms with Crippen LogP contribution in [0.25, 0.3) is 11.8 Å². The predicted octanol–water partition coefficient (Wildman–Crippen LogP) is 3.75. The third kappa shape index (κ3) is 4.12. The van der Waals surface area contributed by atoms with Gasteiger partial charge in [0.15, 0.2) is 0 Å². The lowest BCUT2D eigenvalue weighted by Crippen LogP contribution is -2.36. The molecule has 1 aromatic heterocycles. The molecule has 0 radical (unpaired) electrons. The zero-order valence-electron chi connectivity index (χ0n) is 17.8. The molecule has 2 atom stereocenters. The van der Waals surface area contributed by atoms with Crippen molar-refractivity contribution in [1.29, 1.82) is 0 Å². The van der Waals surface area contributed by atoms with Crippen LogP contribution in [-0.2, 0) is 9.59 Å². The molecule has 1 aliphatic heterocycles. The second-order valence-corrected chi connectivity index (χ2v) is 7.70. The van der Waals surface area contributed by atoms with Gasteiger partial charge in [0, 0.05) is 20.2 Å². The van der Waals surface area contributed by atoms with Crippen molar-refractivity contribution in [3.05, 3.63) is 84.1 Å². The SMILES string of the molecule is CC(=O)N1C=Cc2ccccc2[C@@H]1CC(=O)N(C)[C@@H](C)c1ccc(-n2cncn2)cc1. The van der Waals surface area contributed by atoms with Crippen molar-refractivity contribution < 1.29 is 9.59 Å². The van der Waals surface area contributed by atoms with Crippen LogP contribution in [0.15, 0.2) is 67.4 Å². The Morgan fingerprint density at radius 3 is 2.55 bits per heavy atom. The monoisotopic (exact) mass is 415 g/mol. The van der Waals surface area contributed by atoms with E-state index in [1.165, 1.54) is 13.3 Å². The van der Waals surface area contributed by atoms with E-state index in [9.17, 15) is 9.59 Å². The van der Waals surface area contributed by atoms with E-state index in [1.54, 1.807) is 34.1 Å². The average Bonchev–Trinajstić information content (AvgIpc) is 3.33. The quantitative estimate of drug-likeness (QED) is 0.636. The first kappa shape index (κ1) is 20.5. The number of hydrogen-bond donors (Lipinski definition) is 0. The van der Waals surface area contributed by atoms with Crippen molar-refractivity contribution in [2.75, 3.05) is 7.05 Å². The van der Waals surface area contributed by atoms with Crippen molar-refractivity contribution in [3.63, 3.8) is 0 Å². The van der Waals surface area contributed by atoms with E-state index >= 15 is 0 Å². The van der Waals surface area contributed by atoms with Crippen molar-refractivity contribution >= 4 is 17.9 Å². The lowest BCUT2D eigenvalue weighted by molar-refractivity contribution is -0.135. The summed E-state index contributed by atoms with van der Waals surface area (Å²) in [6.07, 6.45) is 7.05.